The maximum atomic E-state index is 2.31. The maximum absolute atomic E-state index is 2.31. The Hall–Kier alpha value is -0.520. The lowest BCUT2D eigenvalue weighted by molar-refractivity contribution is 0.619. The zero-order valence-corrected chi connectivity index (χ0v) is 11.6. The number of hydrogen-bond acceptors (Lipinski definition) is 0. The van der Waals surface area contributed by atoms with Crippen molar-refractivity contribution in [3.05, 3.63) is 24.3 Å². The SMILES string of the molecule is CC.CCC/C=C\C(C)(C)/C=C/CCC. The predicted molar refractivity (Wildman–Crippen MR) is 73.2 cm³/mol. The third-order valence-corrected chi connectivity index (χ3v) is 2.01. The Morgan fingerprint density at radius 2 is 1.13 bits per heavy atom. The van der Waals surface area contributed by atoms with Gasteiger partial charge in [0.05, 0.1) is 0 Å². The van der Waals surface area contributed by atoms with Crippen LogP contribution in [-0.4, -0.2) is 0 Å². The van der Waals surface area contributed by atoms with Crippen LogP contribution in [0.15, 0.2) is 24.3 Å². The van der Waals surface area contributed by atoms with Crippen molar-refractivity contribution in [3.8, 4) is 0 Å². The van der Waals surface area contributed by atoms with Crippen molar-refractivity contribution in [1.82, 2.24) is 0 Å². The molecule has 0 fully saturated rings. The first-order valence-corrected chi connectivity index (χ1v) is 6.47. The molecule has 0 N–H and O–H groups in total. The third-order valence-electron chi connectivity index (χ3n) is 2.01. The highest BCUT2D eigenvalue weighted by Crippen LogP contribution is 2.19. The van der Waals surface area contributed by atoms with Gasteiger partial charge < -0.3 is 0 Å². The van der Waals surface area contributed by atoms with Crippen molar-refractivity contribution >= 4 is 0 Å². The lowest BCUT2D eigenvalue weighted by Gasteiger charge is -2.14. The Morgan fingerprint density at radius 1 is 0.800 bits per heavy atom. The first-order chi connectivity index (χ1) is 7.12. The van der Waals surface area contributed by atoms with Crippen molar-refractivity contribution in [2.24, 2.45) is 5.41 Å². The van der Waals surface area contributed by atoms with Crippen LogP contribution < -0.4 is 0 Å². The number of allylic oxidation sites excluding steroid dienone is 4. The molecule has 90 valence electrons. The standard InChI is InChI=1S/C13H24.C2H6/c1-5-7-9-11-13(3,4)12-10-8-6-2;1-2/h9-12H,5-8H2,1-4H3;1-2H3/b11-9-,12-10+;. The molecule has 0 aromatic rings. The number of rotatable bonds is 6. The quantitative estimate of drug-likeness (QED) is 0.489. The summed E-state index contributed by atoms with van der Waals surface area (Å²) in [7, 11) is 0. The molecule has 0 rings (SSSR count). The van der Waals surface area contributed by atoms with E-state index in [0.717, 1.165) is 0 Å². The normalized spacial score (nSPS) is 11.9. The van der Waals surface area contributed by atoms with Gasteiger partial charge in [0.2, 0.25) is 0 Å². The van der Waals surface area contributed by atoms with Crippen molar-refractivity contribution in [1.29, 1.82) is 0 Å². The molecule has 0 aromatic heterocycles. The molecule has 0 aliphatic heterocycles. The zero-order valence-electron chi connectivity index (χ0n) is 11.6. The lowest BCUT2D eigenvalue weighted by Crippen LogP contribution is -2.01. The molecule has 0 aliphatic carbocycles. The van der Waals surface area contributed by atoms with Crippen LogP contribution in [0.3, 0.4) is 0 Å². The van der Waals surface area contributed by atoms with Gasteiger partial charge in [0, 0.05) is 5.41 Å². The second kappa shape index (κ2) is 11.6. The van der Waals surface area contributed by atoms with Gasteiger partial charge in [-0.05, 0) is 12.8 Å². The monoisotopic (exact) mass is 210 g/mol. The Labute approximate surface area is 97.5 Å². The molecule has 0 amide bonds. The van der Waals surface area contributed by atoms with Gasteiger partial charge in [-0.25, -0.2) is 0 Å². The second-order valence-electron chi connectivity index (χ2n) is 4.20. The topological polar surface area (TPSA) is 0 Å². The largest absolute Gasteiger partial charge is 0.0877 e. The summed E-state index contributed by atoms with van der Waals surface area (Å²) in [4.78, 5) is 0. The highest BCUT2D eigenvalue weighted by molar-refractivity contribution is 5.07. The first kappa shape index (κ1) is 16.9. The van der Waals surface area contributed by atoms with Gasteiger partial charge in [0.1, 0.15) is 0 Å². The van der Waals surface area contributed by atoms with Crippen LogP contribution in [0.25, 0.3) is 0 Å². The minimum Gasteiger partial charge on any atom is -0.0877 e. The number of unbranched alkanes of at least 4 members (excludes halogenated alkanes) is 2. The van der Waals surface area contributed by atoms with E-state index in [-0.39, 0.29) is 5.41 Å². The third kappa shape index (κ3) is 13.5. The van der Waals surface area contributed by atoms with E-state index in [1.165, 1.54) is 25.7 Å². The van der Waals surface area contributed by atoms with Gasteiger partial charge in [-0.2, -0.15) is 0 Å². The summed E-state index contributed by atoms with van der Waals surface area (Å²) in [6.45, 7) is 12.9. The van der Waals surface area contributed by atoms with E-state index >= 15 is 0 Å². The highest BCUT2D eigenvalue weighted by Gasteiger charge is 2.06. The van der Waals surface area contributed by atoms with E-state index in [2.05, 4.69) is 52.0 Å². The summed E-state index contributed by atoms with van der Waals surface area (Å²) in [5.74, 6) is 0. The molecule has 0 unspecified atom stereocenters. The van der Waals surface area contributed by atoms with Gasteiger partial charge in [0.15, 0.2) is 0 Å². The van der Waals surface area contributed by atoms with E-state index in [9.17, 15) is 0 Å². The minimum atomic E-state index is 0.240. The molecule has 0 aliphatic rings. The van der Waals surface area contributed by atoms with Crippen LogP contribution in [0.4, 0.5) is 0 Å². The molecule has 15 heavy (non-hydrogen) atoms. The van der Waals surface area contributed by atoms with E-state index < -0.39 is 0 Å². The van der Waals surface area contributed by atoms with Crippen molar-refractivity contribution in [2.75, 3.05) is 0 Å². The average Bonchev–Trinajstić information content (AvgIpc) is 2.21. The molecule has 0 bridgehead atoms. The van der Waals surface area contributed by atoms with E-state index in [1.807, 2.05) is 13.8 Å². The molecular formula is C15H30. The molecule has 0 heteroatoms. The summed E-state index contributed by atoms with van der Waals surface area (Å²) < 4.78 is 0. The van der Waals surface area contributed by atoms with Gasteiger partial charge in [-0.15, -0.1) is 0 Å². The number of hydrogen-bond donors (Lipinski definition) is 0. The smallest absolute Gasteiger partial charge is 0.000439 e. The summed E-state index contributed by atoms with van der Waals surface area (Å²) in [6.07, 6.45) is 14.1. The molecule has 0 spiro atoms. The molecule has 0 aromatic carbocycles. The summed E-state index contributed by atoms with van der Waals surface area (Å²) in [6, 6.07) is 0. The van der Waals surface area contributed by atoms with Gasteiger partial charge in [-0.3, -0.25) is 0 Å². The zero-order chi connectivity index (χ0) is 12.2. The van der Waals surface area contributed by atoms with Crippen LogP contribution in [-0.2, 0) is 0 Å². The predicted octanol–water partition coefficient (Wildman–Crippen LogP) is 5.75. The Morgan fingerprint density at radius 3 is 1.40 bits per heavy atom. The van der Waals surface area contributed by atoms with Crippen LogP contribution >= 0.6 is 0 Å². The summed E-state index contributed by atoms with van der Waals surface area (Å²) >= 11 is 0. The second-order valence-corrected chi connectivity index (χ2v) is 4.20. The minimum absolute atomic E-state index is 0.240. The molecule has 0 saturated carbocycles. The molecular weight excluding hydrogens is 180 g/mol. The molecule has 0 radical (unpaired) electrons. The van der Waals surface area contributed by atoms with Crippen molar-refractivity contribution in [3.63, 3.8) is 0 Å². The lowest BCUT2D eigenvalue weighted by atomic mass is 9.91. The Bertz CT molecular complexity index is 143. The van der Waals surface area contributed by atoms with Crippen LogP contribution in [0.2, 0.25) is 0 Å². The van der Waals surface area contributed by atoms with Gasteiger partial charge in [-0.1, -0.05) is 78.7 Å². The summed E-state index contributed by atoms with van der Waals surface area (Å²) in [5, 5.41) is 0. The fourth-order valence-corrected chi connectivity index (χ4v) is 1.16. The van der Waals surface area contributed by atoms with E-state index in [4.69, 9.17) is 0 Å². The van der Waals surface area contributed by atoms with E-state index in [1.54, 1.807) is 0 Å². The molecule has 0 nitrogen and oxygen atoms in total. The van der Waals surface area contributed by atoms with Crippen LogP contribution in [0.5, 0.6) is 0 Å². The highest BCUT2D eigenvalue weighted by atomic mass is 14.1. The fraction of sp³-hybridized carbons (Fsp3) is 0.733. The van der Waals surface area contributed by atoms with E-state index in [0.29, 0.717) is 0 Å². The molecule has 0 atom stereocenters. The average molecular weight is 210 g/mol. The van der Waals surface area contributed by atoms with Gasteiger partial charge >= 0.3 is 0 Å². The summed E-state index contributed by atoms with van der Waals surface area (Å²) in [5.41, 5.74) is 0.240. The van der Waals surface area contributed by atoms with Crippen molar-refractivity contribution in [2.45, 2.75) is 67.2 Å². The van der Waals surface area contributed by atoms with Gasteiger partial charge in [0.25, 0.3) is 0 Å². The first-order valence-electron chi connectivity index (χ1n) is 6.47. The molecule has 0 heterocycles. The Balaban J connectivity index is 0. The molecule has 0 saturated heterocycles. The van der Waals surface area contributed by atoms with Crippen LogP contribution in [0, 0.1) is 5.41 Å². The van der Waals surface area contributed by atoms with Crippen LogP contribution in [0.1, 0.15) is 67.2 Å². The maximum Gasteiger partial charge on any atom is 0.000439 e. The Kier molecular flexibility index (Phi) is 13.0. The fourth-order valence-electron chi connectivity index (χ4n) is 1.16. The van der Waals surface area contributed by atoms with Crippen molar-refractivity contribution < 1.29 is 0 Å².